The number of hydrogen-bond acceptors (Lipinski definition) is 12. The van der Waals surface area contributed by atoms with Crippen LogP contribution in [0, 0.1) is 0 Å². The van der Waals surface area contributed by atoms with E-state index < -0.39 is 60.1 Å². The van der Waals surface area contributed by atoms with E-state index in [1.807, 2.05) is 0 Å². The van der Waals surface area contributed by atoms with Crippen LogP contribution in [0.2, 0.25) is 0 Å². The van der Waals surface area contributed by atoms with Gasteiger partial charge in [-0.1, -0.05) is 37.4 Å². The van der Waals surface area contributed by atoms with Gasteiger partial charge in [0.25, 0.3) is 0 Å². The molecule has 0 aliphatic carbocycles. The van der Waals surface area contributed by atoms with Gasteiger partial charge in [-0.3, -0.25) is 0 Å². The zero-order valence-corrected chi connectivity index (χ0v) is 23.7. The fourth-order valence-corrected chi connectivity index (χ4v) is 6.58. The Bertz CT molecular complexity index is 1410. The molecule has 0 radical (unpaired) electrons. The van der Waals surface area contributed by atoms with E-state index in [9.17, 15) is 42.8 Å². The van der Waals surface area contributed by atoms with Gasteiger partial charge in [-0.05, 0) is 38.1 Å². The van der Waals surface area contributed by atoms with E-state index in [-0.39, 0.29) is 49.3 Å². The molecule has 2 aromatic rings. The molecule has 2 rings (SSSR count). The maximum Gasteiger partial charge on any atom is 2.00 e. The topological polar surface area (TPSA) is 201 Å². The predicted octanol–water partition coefficient (Wildman–Crippen LogP) is 1.28. The van der Waals surface area contributed by atoms with Crippen LogP contribution in [0.15, 0.2) is 92.8 Å². The van der Waals surface area contributed by atoms with Crippen LogP contribution < -0.4 is 0 Å². The van der Waals surface area contributed by atoms with Crippen LogP contribution in [0.4, 0.5) is 0 Å². The minimum Gasteiger partial charge on any atom is -0.744 e. The maximum absolute atomic E-state index is 11.6. The standard InChI is InChI=1S/2C9H10O6S2.Ca/c2*1-7(2)15-17(13,14)9-6-4-3-5-8(9)16(10,11)12;/h2*3-6H,1H2,2H3,(H,10,11,12);/q;;+2/p-2. The van der Waals surface area contributed by atoms with Crippen molar-refractivity contribution in [3.63, 3.8) is 0 Å². The van der Waals surface area contributed by atoms with Crippen molar-refractivity contribution in [3.05, 3.63) is 73.2 Å². The molecule has 0 atom stereocenters. The second kappa shape index (κ2) is 12.6. The Morgan fingerprint density at radius 2 is 0.829 bits per heavy atom. The molecule has 0 unspecified atom stereocenters. The van der Waals surface area contributed by atoms with Crippen molar-refractivity contribution in [2.75, 3.05) is 0 Å². The molecule has 0 amide bonds. The average Bonchev–Trinajstić information content (AvgIpc) is 2.65. The summed E-state index contributed by atoms with van der Waals surface area (Å²) in [6.45, 7) is 9.02. The average molecular weight is 595 g/mol. The van der Waals surface area contributed by atoms with Gasteiger partial charge < -0.3 is 17.5 Å². The van der Waals surface area contributed by atoms with Crippen molar-refractivity contribution in [1.29, 1.82) is 0 Å². The van der Waals surface area contributed by atoms with E-state index in [2.05, 4.69) is 21.5 Å². The fourth-order valence-electron chi connectivity index (χ4n) is 2.19. The second-order valence-electron chi connectivity index (χ2n) is 6.28. The van der Waals surface area contributed by atoms with Crippen molar-refractivity contribution < 1.29 is 51.1 Å². The van der Waals surface area contributed by atoms with Gasteiger partial charge in [0, 0.05) is 0 Å². The molecule has 0 spiro atoms. The third-order valence-electron chi connectivity index (χ3n) is 3.28. The first-order valence-corrected chi connectivity index (χ1v) is 14.2. The minimum absolute atomic E-state index is 0. The SMILES string of the molecule is C=C(C)OS(=O)(=O)c1ccccc1S(=O)(=O)[O-].C=C(C)OS(=O)(=O)c1ccccc1S(=O)(=O)[O-].[Ca+2]. The van der Waals surface area contributed by atoms with Crippen LogP contribution in [0.1, 0.15) is 13.8 Å². The van der Waals surface area contributed by atoms with Gasteiger partial charge in [0.1, 0.15) is 41.5 Å². The van der Waals surface area contributed by atoms with Crippen LogP contribution in [-0.4, -0.2) is 80.5 Å². The maximum atomic E-state index is 11.6. The first kappa shape index (κ1) is 33.5. The second-order valence-corrected chi connectivity index (χ2v) is 12.0. The molecule has 17 heteroatoms. The summed E-state index contributed by atoms with van der Waals surface area (Å²) in [4.78, 5) is -3.08. The van der Waals surface area contributed by atoms with E-state index in [1.165, 1.54) is 38.1 Å². The first-order valence-electron chi connectivity index (χ1n) is 8.59. The number of allylic oxidation sites excluding steroid dienone is 2. The molecule has 0 aromatic heterocycles. The third kappa shape index (κ3) is 10.2. The van der Waals surface area contributed by atoms with E-state index in [1.54, 1.807) is 0 Å². The summed E-state index contributed by atoms with van der Waals surface area (Å²) in [5.41, 5.74) is 0. The quantitative estimate of drug-likeness (QED) is 0.184. The predicted molar refractivity (Wildman–Crippen MR) is 121 cm³/mol. The monoisotopic (exact) mass is 594 g/mol. The third-order valence-corrected chi connectivity index (χ3v) is 8.12. The van der Waals surface area contributed by atoms with Gasteiger partial charge >= 0.3 is 58.0 Å². The summed E-state index contributed by atoms with van der Waals surface area (Å²) < 4.78 is 121. The first-order chi connectivity index (χ1) is 15.3. The Hall–Kier alpha value is -1.50. The van der Waals surface area contributed by atoms with Crippen molar-refractivity contribution in [3.8, 4) is 0 Å². The number of rotatable bonds is 8. The summed E-state index contributed by atoms with van der Waals surface area (Å²) in [7, 11) is -18.5. The molecule has 0 fully saturated rings. The number of benzene rings is 2. The van der Waals surface area contributed by atoms with E-state index in [0.717, 1.165) is 24.3 Å². The minimum atomic E-state index is -4.89. The molecule has 0 saturated heterocycles. The van der Waals surface area contributed by atoms with Gasteiger partial charge in [0.05, 0.1) is 9.79 Å². The van der Waals surface area contributed by atoms with Crippen LogP contribution in [0.5, 0.6) is 0 Å². The van der Waals surface area contributed by atoms with Crippen LogP contribution in [0.25, 0.3) is 0 Å². The molecule has 0 saturated carbocycles. The van der Waals surface area contributed by atoms with Crippen LogP contribution in [-0.2, 0) is 48.8 Å². The van der Waals surface area contributed by atoms with Crippen molar-refractivity contribution in [2.45, 2.75) is 33.4 Å². The van der Waals surface area contributed by atoms with Crippen molar-refractivity contribution >= 4 is 78.2 Å². The molecule has 0 aliphatic heterocycles. The largest absolute Gasteiger partial charge is 2.00 e. The molecule has 12 nitrogen and oxygen atoms in total. The normalized spacial score (nSPS) is 11.8. The molecule has 35 heavy (non-hydrogen) atoms. The Kier molecular flexibility index (Phi) is 12.1. The Morgan fingerprint density at radius 1 is 0.600 bits per heavy atom. The molecule has 188 valence electrons. The molecular weight excluding hydrogens is 577 g/mol. The van der Waals surface area contributed by atoms with Gasteiger partial charge in [-0.15, -0.1) is 0 Å². The fraction of sp³-hybridized carbons (Fsp3) is 0.111. The Labute approximate surface area is 234 Å². The van der Waals surface area contributed by atoms with Gasteiger partial charge in [0.2, 0.25) is 0 Å². The molecular formula is C18H18CaO12S4. The Balaban J connectivity index is 0.000000642. The summed E-state index contributed by atoms with van der Waals surface area (Å²) in [5.74, 6) is -0.272. The van der Waals surface area contributed by atoms with E-state index in [4.69, 9.17) is 0 Å². The summed E-state index contributed by atoms with van der Waals surface area (Å²) in [6, 6.07) is 8.79. The van der Waals surface area contributed by atoms with E-state index >= 15 is 0 Å². The molecule has 0 N–H and O–H groups in total. The van der Waals surface area contributed by atoms with Gasteiger partial charge in [-0.2, -0.15) is 16.8 Å². The molecule has 0 bridgehead atoms. The molecule has 0 aliphatic rings. The van der Waals surface area contributed by atoms with Crippen LogP contribution >= 0.6 is 0 Å². The summed E-state index contributed by atoms with van der Waals surface area (Å²) in [6.07, 6.45) is 0. The van der Waals surface area contributed by atoms with E-state index in [0.29, 0.717) is 0 Å². The van der Waals surface area contributed by atoms with Gasteiger partial charge in [-0.25, -0.2) is 16.8 Å². The summed E-state index contributed by atoms with van der Waals surface area (Å²) in [5, 5.41) is 0. The molecule has 0 heterocycles. The van der Waals surface area contributed by atoms with Gasteiger partial charge in [0.15, 0.2) is 0 Å². The van der Waals surface area contributed by atoms with Crippen molar-refractivity contribution in [1.82, 2.24) is 0 Å². The molecule has 2 aromatic carbocycles. The summed E-state index contributed by atoms with van der Waals surface area (Å²) >= 11 is 0. The number of hydrogen-bond donors (Lipinski definition) is 0. The van der Waals surface area contributed by atoms with Crippen molar-refractivity contribution in [2.24, 2.45) is 0 Å². The van der Waals surface area contributed by atoms with Crippen LogP contribution in [0.3, 0.4) is 0 Å². The smallest absolute Gasteiger partial charge is 0.744 e. The zero-order valence-electron chi connectivity index (χ0n) is 18.3. The zero-order chi connectivity index (χ0) is 26.5. The Morgan fingerprint density at radius 3 is 1.03 bits per heavy atom.